The molecule has 4 N–H and O–H groups in total. The van der Waals surface area contributed by atoms with Crippen LogP contribution in [0.5, 0.6) is 0 Å². The lowest BCUT2D eigenvalue weighted by atomic mass is 9.67. The summed E-state index contributed by atoms with van der Waals surface area (Å²) in [6.07, 6.45) is 3.41. The molecule has 2 aliphatic rings. The monoisotopic (exact) mass is 241 g/mol. The fourth-order valence-corrected chi connectivity index (χ4v) is 4.03. The summed E-state index contributed by atoms with van der Waals surface area (Å²) >= 11 is 0. The van der Waals surface area contributed by atoms with Crippen molar-refractivity contribution in [3.8, 4) is 0 Å². The Kier molecular flexibility index (Phi) is 2.89. The smallest absolute Gasteiger partial charge is 0.324 e. The Labute approximate surface area is 100.0 Å². The zero-order chi connectivity index (χ0) is 12.8. The van der Waals surface area contributed by atoms with Gasteiger partial charge in [-0.3, -0.25) is 9.59 Å². The van der Waals surface area contributed by atoms with Gasteiger partial charge in [0.15, 0.2) is 0 Å². The number of aliphatic carboxylic acids is 2. The summed E-state index contributed by atoms with van der Waals surface area (Å²) in [4.78, 5) is 22.6. The lowest BCUT2D eigenvalue weighted by molar-refractivity contribution is -0.159. The number of carboxylic acid groups (broad SMARTS) is 2. The van der Waals surface area contributed by atoms with Crippen LogP contribution in [0.1, 0.15) is 32.6 Å². The molecule has 0 spiro atoms. The Morgan fingerprint density at radius 2 is 2.00 bits per heavy atom. The minimum absolute atomic E-state index is 0.0600. The summed E-state index contributed by atoms with van der Waals surface area (Å²) in [5.41, 5.74) is 4.41. The molecule has 0 saturated heterocycles. The van der Waals surface area contributed by atoms with E-state index in [1.165, 1.54) is 0 Å². The standard InChI is InChI=1S/C12H19NO4/c1-2-3-6-4-7-5-8(6)12(13,11(16)17)9(7)10(14)15/h6-9H,2-5,13H2,1H3,(H,14,15)(H,16,17)/t6-,7-,8-,9-,12-/m1/s1. The van der Waals surface area contributed by atoms with Crippen LogP contribution in [0.4, 0.5) is 0 Å². The minimum Gasteiger partial charge on any atom is -0.481 e. The van der Waals surface area contributed by atoms with Crippen LogP contribution in [0.2, 0.25) is 0 Å². The highest BCUT2D eigenvalue weighted by molar-refractivity contribution is 5.88. The Morgan fingerprint density at radius 3 is 2.47 bits per heavy atom. The van der Waals surface area contributed by atoms with Crippen LogP contribution in [-0.4, -0.2) is 27.7 Å². The van der Waals surface area contributed by atoms with Crippen molar-refractivity contribution in [2.24, 2.45) is 29.4 Å². The number of fused-ring (bicyclic) bond motifs is 2. The number of nitrogens with two attached hydrogens (primary N) is 1. The van der Waals surface area contributed by atoms with Crippen LogP contribution < -0.4 is 5.73 Å². The molecule has 0 unspecified atom stereocenters. The Hall–Kier alpha value is -1.10. The molecule has 2 rings (SSSR count). The van der Waals surface area contributed by atoms with Gasteiger partial charge in [0.05, 0.1) is 5.92 Å². The predicted octanol–water partition coefficient (Wildman–Crippen LogP) is 0.925. The van der Waals surface area contributed by atoms with Gasteiger partial charge in [0.1, 0.15) is 5.54 Å². The molecule has 17 heavy (non-hydrogen) atoms. The average molecular weight is 241 g/mol. The van der Waals surface area contributed by atoms with Crippen LogP contribution >= 0.6 is 0 Å². The molecule has 2 saturated carbocycles. The van der Waals surface area contributed by atoms with Gasteiger partial charge in [-0.1, -0.05) is 19.8 Å². The van der Waals surface area contributed by atoms with Crippen molar-refractivity contribution in [1.82, 2.24) is 0 Å². The molecule has 2 aliphatic carbocycles. The maximum Gasteiger partial charge on any atom is 0.324 e. The minimum atomic E-state index is -1.56. The second-order valence-corrected chi connectivity index (χ2v) is 5.44. The number of carboxylic acids is 2. The van der Waals surface area contributed by atoms with Crippen LogP contribution in [0.15, 0.2) is 0 Å². The van der Waals surface area contributed by atoms with Crippen molar-refractivity contribution in [1.29, 1.82) is 0 Å². The van der Waals surface area contributed by atoms with E-state index < -0.39 is 23.4 Å². The van der Waals surface area contributed by atoms with E-state index in [9.17, 15) is 19.8 Å². The van der Waals surface area contributed by atoms with Crippen LogP contribution in [-0.2, 0) is 9.59 Å². The van der Waals surface area contributed by atoms with Gasteiger partial charge in [0.2, 0.25) is 0 Å². The molecule has 0 aromatic heterocycles. The molecular formula is C12H19NO4. The van der Waals surface area contributed by atoms with Crippen molar-refractivity contribution in [3.05, 3.63) is 0 Å². The maximum atomic E-state index is 11.4. The topological polar surface area (TPSA) is 101 Å². The molecule has 0 aromatic carbocycles. The second kappa shape index (κ2) is 3.98. The lowest BCUT2D eigenvalue weighted by Gasteiger charge is -2.39. The van der Waals surface area contributed by atoms with Gasteiger partial charge < -0.3 is 15.9 Å². The molecule has 0 heterocycles. The van der Waals surface area contributed by atoms with Gasteiger partial charge in [-0.05, 0) is 30.6 Å². The summed E-state index contributed by atoms with van der Waals surface area (Å²) in [5.74, 6) is -3.09. The number of hydrogen-bond donors (Lipinski definition) is 3. The summed E-state index contributed by atoms with van der Waals surface area (Å²) in [6, 6.07) is 0. The summed E-state index contributed by atoms with van der Waals surface area (Å²) < 4.78 is 0. The van der Waals surface area contributed by atoms with Crippen LogP contribution in [0.3, 0.4) is 0 Å². The quantitative estimate of drug-likeness (QED) is 0.679. The highest BCUT2D eigenvalue weighted by Crippen LogP contribution is 2.57. The molecule has 5 heteroatoms. The third kappa shape index (κ3) is 1.56. The molecule has 0 amide bonds. The Bertz CT molecular complexity index is 356. The SMILES string of the molecule is CCC[C@@H]1C[C@@H]2C[C@H]1[C@](N)(C(=O)O)[C@H]2C(=O)O. The molecular weight excluding hydrogens is 222 g/mol. The first-order valence-corrected chi connectivity index (χ1v) is 6.18. The molecule has 0 aromatic rings. The van der Waals surface area contributed by atoms with Gasteiger partial charge in [-0.15, -0.1) is 0 Å². The zero-order valence-corrected chi connectivity index (χ0v) is 9.93. The largest absolute Gasteiger partial charge is 0.481 e. The molecule has 2 bridgehead atoms. The van der Waals surface area contributed by atoms with Crippen molar-refractivity contribution in [3.63, 3.8) is 0 Å². The van der Waals surface area contributed by atoms with Gasteiger partial charge in [0.25, 0.3) is 0 Å². The number of hydrogen-bond acceptors (Lipinski definition) is 3. The van der Waals surface area contributed by atoms with Gasteiger partial charge in [-0.25, -0.2) is 0 Å². The summed E-state index contributed by atoms with van der Waals surface area (Å²) in [6.45, 7) is 2.06. The average Bonchev–Trinajstić information content (AvgIpc) is 2.73. The van der Waals surface area contributed by atoms with Crippen molar-refractivity contribution in [2.75, 3.05) is 0 Å². The van der Waals surface area contributed by atoms with Crippen LogP contribution in [0, 0.1) is 23.7 Å². The highest BCUT2D eigenvalue weighted by Gasteiger charge is 2.66. The fraction of sp³-hybridized carbons (Fsp3) is 0.833. The van der Waals surface area contributed by atoms with E-state index in [1.54, 1.807) is 0 Å². The molecule has 0 radical (unpaired) electrons. The second-order valence-electron chi connectivity index (χ2n) is 5.44. The van der Waals surface area contributed by atoms with Gasteiger partial charge in [-0.2, -0.15) is 0 Å². The van der Waals surface area contributed by atoms with E-state index in [2.05, 4.69) is 6.92 Å². The van der Waals surface area contributed by atoms with E-state index in [0.29, 0.717) is 6.42 Å². The summed E-state index contributed by atoms with van der Waals surface area (Å²) in [5, 5.41) is 18.5. The highest BCUT2D eigenvalue weighted by atomic mass is 16.4. The predicted molar refractivity (Wildman–Crippen MR) is 60.3 cm³/mol. The lowest BCUT2D eigenvalue weighted by Crippen LogP contribution is -2.61. The Morgan fingerprint density at radius 1 is 1.35 bits per heavy atom. The normalized spacial score (nSPS) is 43.9. The van der Waals surface area contributed by atoms with Crippen molar-refractivity contribution in [2.45, 2.75) is 38.1 Å². The third-order valence-electron chi connectivity index (χ3n) is 4.63. The molecule has 2 fully saturated rings. The first kappa shape index (κ1) is 12.4. The third-order valence-corrected chi connectivity index (χ3v) is 4.63. The first-order chi connectivity index (χ1) is 7.92. The first-order valence-electron chi connectivity index (χ1n) is 6.18. The molecule has 5 nitrogen and oxygen atoms in total. The summed E-state index contributed by atoms with van der Waals surface area (Å²) in [7, 11) is 0. The van der Waals surface area contributed by atoms with E-state index in [4.69, 9.17) is 5.73 Å². The van der Waals surface area contributed by atoms with Crippen molar-refractivity contribution >= 4 is 11.9 Å². The fourth-order valence-electron chi connectivity index (χ4n) is 4.03. The maximum absolute atomic E-state index is 11.4. The van der Waals surface area contributed by atoms with E-state index >= 15 is 0 Å². The van der Waals surface area contributed by atoms with Crippen LogP contribution in [0.25, 0.3) is 0 Å². The van der Waals surface area contributed by atoms with E-state index in [0.717, 1.165) is 19.3 Å². The van der Waals surface area contributed by atoms with E-state index in [1.807, 2.05) is 0 Å². The van der Waals surface area contributed by atoms with Gasteiger partial charge in [0, 0.05) is 0 Å². The van der Waals surface area contributed by atoms with E-state index in [-0.39, 0.29) is 17.8 Å². The zero-order valence-electron chi connectivity index (χ0n) is 9.93. The number of rotatable bonds is 4. The molecule has 5 atom stereocenters. The van der Waals surface area contributed by atoms with Crippen molar-refractivity contribution < 1.29 is 19.8 Å². The Balaban J connectivity index is 2.32. The van der Waals surface area contributed by atoms with Gasteiger partial charge >= 0.3 is 11.9 Å². The molecule has 0 aliphatic heterocycles. The molecule has 96 valence electrons. The number of carbonyl (C=O) groups is 2.